The van der Waals surface area contributed by atoms with Crippen LogP contribution in [0.25, 0.3) is 0 Å². The van der Waals surface area contributed by atoms with Gasteiger partial charge in [0, 0.05) is 18.6 Å². The highest BCUT2D eigenvalue weighted by Crippen LogP contribution is 2.13. The number of aromatic amines is 1. The first-order valence-electron chi connectivity index (χ1n) is 7.28. The minimum absolute atomic E-state index is 0. The second kappa shape index (κ2) is 11.5. The van der Waals surface area contributed by atoms with Crippen LogP contribution in [0.3, 0.4) is 0 Å². The van der Waals surface area contributed by atoms with Crippen molar-refractivity contribution in [3.63, 3.8) is 0 Å². The van der Waals surface area contributed by atoms with E-state index >= 15 is 0 Å². The van der Waals surface area contributed by atoms with Crippen molar-refractivity contribution in [2.24, 2.45) is 0 Å². The second-order valence-corrected chi connectivity index (χ2v) is 4.55. The lowest BCUT2D eigenvalue weighted by molar-refractivity contribution is -0.384. The Kier molecular flexibility index (Phi) is 10.5. The molecule has 0 bridgehead atoms. The molecule has 0 atom stereocenters. The SMILES string of the molecule is CCN(CC)CC.Cl.O=[N+]([O-])c1ccc(Cc2nn[nH]n2)cc1. The van der Waals surface area contributed by atoms with Gasteiger partial charge in [-0.15, -0.1) is 22.6 Å². The molecule has 8 nitrogen and oxygen atoms in total. The topological polar surface area (TPSA) is 101 Å². The van der Waals surface area contributed by atoms with Gasteiger partial charge in [-0.05, 0) is 25.2 Å². The molecule has 0 amide bonds. The number of aromatic nitrogens is 4. The average molecular weight is 343 g/mol. The minimum atomic E-state index is -0.432. The number of nitrogens with one attached hydrogen (secondary N) is 1. The number of hydrogen-bond acceptors (Lipinski definition) is 6. The molecule has 0 aliphatic rings. The summed E-state index contributed by atoms with van der Waals surface area (Å²) in [6.45, 7) is 10.1. The van der Waals surface area contributed by atoms with E-state index < -0.39 is 4.92 Å². The Morgan fingerprint density at radius 1 is 1.13 bits per heavy atom. The van der Waals surface area contributed by atoms with Gasteiger partial charge in [-0.1, -0.05) is 38.1 Å². The van der Waals surface area contributed by atoms with Gasteiger partial charge in [0.1, 0.15) is 0 Å². The molecule has 9 heteroatoms. The number of nitro groups is 1. The van der Waals surface area contributed by atoms with Crippen molar-refractivity contribution < 1.29 is 4.92 Å². The van der Waals surface area contributed by atoms with Crippen LogP contribution in [-0.2, 0) is 6.42 Å². The highest BCUT2D eigenvalue weighted by atomic mass is 35.5. The number of non-ortho nitro benzene ring substituents is 1. The standard InChI is InChI=1S/C8H7N5O2.C6H15N.ClH/c14-13(15)7-3-1-6(2-4-7)5-8-9-11-12-10-8;1-4-7(5-2)6-3;/h1-4H,5H2,(H,9,10,11,12);4-6H2,1-3H3;1H. The molecule has 2 aromatic rings. The van der Waals surface area contributed by atoms with Crippen LogP contribution in [0.15, 0.2) is 24.3 Å². The van der Waals surface area contributed by atoms with Gasteiger partial charge in [-0.3, -0.25) is 10.1 Å². The molecule has 0 radical (unpaired) electrons. The smallest absolute Gasteiger partial charge is 0.269 e. The number of halogens is 1. The summed E-state index contributed by atoms with van der Waals surface area (Å²) in [5, 5.41) is 23.7. The number of rotatable bonds is 6. The molecule has 1 aromatic heterocycles. The summed E-state index contributed by atoms with van der Waals surface area (Å²) in [7, 11) is 0. The van der Waals surface area contributed by atoms with Crippen LogP contribution < -0.4 is 0 Å². The molecular weight excluding hydrogens is 320 g/mol. The second-order valence-electron chi connectivity index (χ2n) is 4.55. The third kappa shape index (κ3) is 7.66. The molecule has 1 aromatic carbocycles. The van der Waals surface area contributed by atoms with E-state index in [1.807, 2.05) is 0 Å². The molecule has 23 heavy (non-hydrogen) atoms. The molecule has 0 spiro atoms. The Morgan fingerprint density at radius 2 is 1.70 bits per heavy atom. The number of hydrogen-bond donors (Lipinski definition) is 1. The Hall–Kier alpha value is -2.06. The van der Waals surface area contributed by atoms with Crippen LogP contribution in [0, 0.1) is 10.1 Å². The fourth-order valence-corrected chi connectivity index (χ4v) is 1.85. The predicted octanol–water partition coefficient (Wildman–Crippen LogP) is 2.47. The summed E-state index contributed by atoms with van der Waals surface area (Å²) < 4.78 is 0. The Bertz CT molecular complexity index is 537. The Morgan fingerprint density at radius 3 is 2.04 bits per heavy atom. The zero-order chi connectivity index (χ0) is 16.4. The van der Waals surface area contributed by atoms with E-state index in [1.54, 1.807) is 12.1 Å². The molecule has 0 unspecified atom stereocenters. The van der Waals surface area contributed by atoms with Crippen molar-refractivity contribution >= 4 is 18.1 Å². The van der Waals surface area contributed by atoms with Crippen LogP contribution in [0.2, 0.25) is 0 Å². The molecule has 0 saturated carbocycles. The van der Waals surface area contributed by atoms with Gasteiger partial charge in [0.15, 0.2) is 5.82 Å². The highest BCUT2D eigenvalue weighted by Gasteiger charge is 2.05. The maximum absolute atomic E-state index is 10.4. The van der Waals surface area contributed by atoms with E-state index in [4.69, 9.17) is 0 Å². The fourth-order valence-electron chi connectivity index (χ4n) is 1.85. The molecule has 128 valence electrons. The summed E-state index contributed by atoms with van der Waals surface area (Å²) in [4.78, 5) is 12.3. The van der Waals surface area contributed by atoms with Gasteiger partial charge in [0.05, 0.1) is 4.92 Å². The summed E-state index contributed by atoms with van der Waals surface area (Å²) in [6.07, 6.45) is 0.508. The Labute approximate surface area is 141 Å². The van der Waals surface area contributed by atoms with Crippen molar-refractivity contribution in [2.45, 2.75) is 27.2 Å². The van der Waals surface area contributed by atoms with Crippen LogP contribution in [0.5, 0.6) is 0 Å². The quantitative estimate of drug-likeness (QED) is 0.639. The summed E-state index contributed by atoms with van der Waals surface area (Å²) in [5.41, 5.74) is 0.980. The number of benzene rings is 1. The van der Waals surface area contributed by atoms with Crippen molar-refractivity contribution in [1.82, 2.24) is 25.5 Å². The van der Waals surface area contributed by atoms with Gasteiger partial charge >= 0.3 is 0 Å². The lowest BCUT2D eigenvalue weighted by Gasteiger charge is -2.13. The minimum Gasteiger partial charge on any atom is -0.304 e. The zero-order valence-corrected chi connectivity index (χ0v) is 14.4. The molecule has 2 rings (SSSR count). The largest absolute Gasteiger partial charge is 0.304 e. The maximum atomic E-state index is 10.4. The molecule has 0 aliphatic heterocycles. The van der Waals surface area contributed by atoms with Gasteiger partial charge < -0.3 is 4.90 Å². The predicted molar refractivity (Wildman–Crippen MR) is 90.8 cm³/mol. The van der Waals surface area contributed by atoms with Crippen LogP contribution in [0.4, 0.5) is 5.69 Å². The van der Waals surface area contributed by atoms with E-state index in [9.17, 15) is 10.1 Å². The summed E-state index contributed by atoms with van der Waals surface area (Å²) in [6, 6.07) is 6.26. The first-order chi connectivity index (χ1) is 10.6. The normalized spacial score (nSPS) is 9.74. The van der Waals surface area contributed by atoms with Gasteiger partial charge in [-0.2, -0.15) is 5.21 Å². The first-order valence-corrected chi connectivity index (χ1v) is 7.28. The molecular formula is C14H23ClN6O2. The van der Waals surface area contributed by atoms with E-state index in [2.05, 4.69) is 46.3 Å². The zero-order valence-electron chi connectivity index (χ0n) is 13.6. The van der Waals surface area contributed by atoms with Crippen LogP contribution >= 0.6 is 12.4 Å². The molecule has 1 N–H and O–H groups in total. The monoisotopic (exact) mass is 342 g/mol. The van der Waals surface area contributed by atoms with Crippen LogP contribution in [0.1, 0.15) is 32.2 Å². The van der Waals surface area contributed by atoms with Crippen LogP contribution in [-0.4, -0.2) is 50.1 Å². The van der Waals surface area contributed by atoms with Crippen molar-refractivity contribution in [1.29, 1.82) is 0 Å². The number of H-pyrrole nitrogens is 1. The lowest BCUT2D eigenvalue weighted by Crippen LogP contribution is -2.21. The average Bonchev–Trinajstić information content (AvgIpc) is 3.03. The van der Waals surface area contributed by atoms with E-state index in [-0.39, 0.29) is 18.1 Å². The molecule has 0 fully saturated rings. The van der Waals surface area contributed by atoms with Gasteiger partial charge in [0.25, 0.3) is 5.69 Å². The van der Waals surface area contributed by atoms with E-state index in [0.717, 1.165) is 5.56 Å². The first kappa shape index (κ1) is 20.9. The molecule has 1 heterocycles. The Balaban J connectivity index is 0.000000522. The number of tetrazole rings is 1. The van der Waals surface area contributed by atoms with E-state index in [1.165, 1.54) is 31.8 Å². The van der Waals surface area contributed by atoms with Crippen molar-refractivity contribution in [2.75, 3.05) is 19.6 Å². The van der Waals surface area contributed by atoms with Gasteiger partial charge in [0.2, 0.25) is 0 Å². The molecule has 0 aliphatic carbocycles. The van der Waals surface area contributed by atoms with Crippen molar-refractivity contribution in [3.8, 4) is 0 Å². The molecule has 0 saturated heterocycles. The number of nitrogens with zero attached hydrogens (tertiary/aromatic N) is 5. The third-order valence-corrected chi connectivity index (χ3v) is 3.24. The lowest BCUT2D eigenvalue weighted by atomic mass is 10.1. The highest BCUT2D eigenvalue weighted by molar-refractivity contribution is 5.85. The third-order valence-electron chi connectivity index (χ3n) is 3.24. The fraction of sp³-hybridized carbons (Fsp3) is 0.500. The summed E-state index contributed by atoms with van der Waals surface area (Å²) in [5.74, 6) is 0.559. The van der Waals surface area contributed by atoms with Gasteiger partial charge in [-0.25, -0.2) is 0 Å². The van der Waals surface area contributed by atoms with E-state index in [0.29, 0.717) is 12.2 Å². The number of nitro benzene ring substituents is 1. The maximum Gasteiger partial charge on any atom is 0.269 e. The van der Waals surface area contributed by atoms with Crippen molar-refractivity contribution in [3.05, 3.63) is 45.8 Å². The summed E-state index contributed by atoms with van der Waals surface area (Å²) >= 11 is 0.